The van der Waals surface area contributed by atoms with Crippen molar-refractivity contribution in [1.82, 2.24) is 20.0 Å². The molecule has 0 aliphatic rings. The molecule has 0 fully saturated rings. The van der Waals surface area contributed by atoms with Crippen molar-refractivity contribution in [3.63, 3.8) is 0 Å². The van der Waals surface area contributed by atoms with E-state index < -0.39 is 5.91 Å². The predicted octanol–water partition coefficient (Wildman–Crippen LogP) is 2.17. The summed E-state index contributed by atoms with van der Waals surface area (Å²) in [5, 5.41) is 14.2. The Morgan fingerprint density at radius 2 is 1.96 bits per heavy atom. The molecule has 0 saturated heterocycles. The molecule has 124 valence electrons. The van der Waals surface area contributed by atoms with E-state index in [0.29, 0.717) is 10.9 Å². The zero-order valence-corrected chi connectivity index (χ0v) is 13.8. The molecule has 2 aromatic heterocycles. The van der Waals surface area contributed by atoms with Gasteiger partial charge in [-0.1, -0.05) is 24.3 Å². The summed E-state index contributed by atoms with van der Waals surface area (Å²) in [5.74, 6) is -0.690. The van der Waals surface area contributed by atoms with Crippen molar-refractivity contribution in [1.29, 1.82) is 0 Å². The molecule has 2 heterocycles. The van der Waals surface area contributed by atoms with E-state index in [4.69, 9.17) is 11.5 Å². The van der Waals surface area contributed by atoms with Gasteiger partial charge in [0.1, 0.15) is 5.52 Å². The van der Waals surface area contributed by atoms with Crippen LogP contribution in [0, 0.1) is 6.92 Å². The molecule has 0 radical (unpaired) electrons. The van der Waals surface area contributed by atoms with Crippen molar-refractivity contribution in [2.75, 3.05) is 5.73 Å². The van der Waals surface area contributed by atoms with E-state index in [-0.39, 0.29) is 11.4 Å². The highest BCUT2D eigenvalue weighted by Crippen LogP contribution is 2.34. The quantitative estimate of drug-likeness (QED) is 0.584. The van der Waals surface area contributed by atoms with Crippen LogP contribution < -0.4 is 11.5 Å². The predicted molar refractivity (Wildman–Crippen MR) is 96.9 cm³/mol. The average molecular weight is 332 g/mol. The monoisotopic (exact) mass is 332 g/mol. The standard InChI is InChI=1S/C18H16N6O/c1-9-3-6-12-15(19)17(18(20)25)23-22-16(12)14(9)10-4-5-11-8-21-24(2)13(11)7-10/h3-8H,1-2H3,(H2,19,22)(H2,20,25). The fourth-order valence-electron chi connectivity index (χ4n) is 3.14. The summed E-state index contributed by atoms with van der Waals surface area (Å²) in [6, 6.07) is 9.89. The van der Waals surface area contributed by atoms with Crippen LogP contribution in [-0.2, 0) is 7.05 Å². The first-order chi connectivity index (χ1) is 12.0. The highest BCUT2D eigenvalue weighted by Gasteiger charge is 2.17. The van der Waals surface area contributed by atoms with Crippen molar-refractivity contribution < 1.29 is 4.79 Å². The van der Waals surface area contributed by atoms with Crippen molar-refractivity contribution in [3.05, 3.63) is 47.8 Å². The summed E-state index contributed by atoms with van der Waals surface area (Å²) < 4.78 is 1.82. The zero-order valence-electron chi connectivity index (χ0n) is 13.8. The fraction of sp³-hybridized carbons (Fsp3) is 0.111. The Bertz CT molecular complexity index is 1160. The Labute approximate surface area is 143 Å². The average Bonchev–Trinajstić information content (AvgIpc) is 2.95. The van der Waals surface area contributed by atoms with Gasteiger partial charge in [0, 0.05) is 23.4 Å². The third kappa shape index (κ3) is 2.20. The lowest BCUT2D eigenvalue weighted by Gasteiger charge is -2.12. The van der Waals surface area contributed by atoms with E-state index in [1.807, 2.05) is 49.1 Å². The molecular formula is C18H16N6O. The maximum Gasteiger partial charge on any atom is 0.271 e. The van der Waals surface area contributed by atoms with Crippen LogP contribution >= 0.6 is 0 Å². The normalized spacial score (nSPS) is 11.3. The van der Waals surface area contributed by atoms with Gasteiger partial charge in [-0.2, -0.15) is 5.10 Å². The van der Waals surface area contributed by atoms with Gasteiger partial charge >= 0.3 is 0 Å². The molecule has 0 aliphatic heterocycles. The van der Waals surface area contributed by atoms with Gasteiger partial charge in [0.05, 0.1) is 17.4 Å². The Hall–Kier alpha value is -3.48. The van der Waals surface area contributed by atoms with E-state index >= 15 is 0 Å². The number of fused-ring (bicyclic) bond motifs is 2. The van der Waals surface area contributed by atoms with Gasteiger partial charge in [-0.15, -0.1) is 10.2 Å². The number of aryl methyl sites for hydroxylation is 2. The van der Waals surface area contributed by atoms with Crippen molar-refractivity contribution in [3.8, 4) is 11.1 Å². The number of primary amides is 1. The topological polar surface area (TPSA) is 113 Å². The first kappa shape index (κ1) is 15.1. The van der Waals surface area contributed by atoms with Gasteiger partial charge < -0.3 is 11.5 Å². The lowest BCUT2D eigenvalue weighted by molar-refractivity contribution is 0.0996. The lowest BCUT2D eigenvalue weighted by atomic mass is 9.96. The number of nitrogen functional groups attached to an aromatic ring is 1. The minimum absolute atomic E-state index is 0.00982. The van der Waals surface area contributed by atoms with Crippen molar-refractivity contribution >= 4 is 33.4 Å². The minimum Gasteiger partial charge on any atom is -0.396 e. The Morgan fingerprint density at radius 3 is 2.72 bits per heavy atom. The van der Waals surface area contributed by atoms with Gasteiger partial charge in [-0.05, 0) is 24.1 Å². The number of rotatable bonds is 2. The molecule has 1 amide bonds. The first-order valence-electron chi connectivity index (χ1n) is 7.75. The molecule has 4 N–H and O–H groups in total. The van der Waals surface area contributed by atoms with Gasteiger partial charge in [-0.25, -0.2) is 0 Å². The third-order valence-corrected chi connectivity index (χ3v) is 4.45. The highest BCUT2D eigenvalue weighted by molar-refractivity contribution is 6.08. The van der Waals surface area contributed by atoms with Crippen LogP contribution in [0.15, 0.2) is 36.5 Å². The number of nitrogens with zero attached hydrogens (tertiary/aromatic N) is 4. The molecule has 0 saturated carbocycles. The number of amides is 1. The molecule has 7 nitrogen and oxygen atoms in total. The summed E-state index contributed by atoms with van der Waals surface area (Å²) in [6.45, 7) is 2.00. The van der Waals surface area contributed by atoms with E-state index in [2.05, 4.69) is 21.4 Å². The molecule has 0 unspecified atom stereocenters. The zero-order chi connectivity index (χ0) is 17.7. The number of aromatic nitrogens is 4. The summed E-state index contributed by atoms with van der Waals surface area (Å²) in [5.41, 5.74) is 16.3. The molecule has 0 bridgehead atoms. The molecule has 7 heteroatoms. The number of carbonyl (C=O) groups is 1. The summed E-state index contributed by atoms with van der Waals surface area (Å²) in [4.78, 5) is 11.5. The van der Waals surface area contributed by atoms with Crippen LogP contribution in [0.5, 0.6) is 0 Å². The Kier molecular flexibility index (Phi) is 3.18. The first-order valence-corrected chi connectivity index (χ1v) is 7.75. The number of carbonyl (C=O) groups excluding carboxylic acids is 1. The number of nitrogens with two attached hydrogens (primary N) is 2. The summed E-state index contributed by atoms with van der Waals surface area (Å²) in [6.07, 6.45) is 1.83. The molecule has 25 heavy (non-hydrogen) atoms. The van der Waals surface area contributed by atoms with Crippen LogP contribution in [0.25, 0.3) is 32.9 Å². The Morgan fingerprint density at radius 1 is 1.16 bits per heavy atom. The molecule has 2 aromatic carbocycles. The van der Waals surface area contributed by atoms with Crippen LogP contribution in [0.3, 0.4) is 0 Å². The lowest BCUT2D eigenvalue weighted by Crippen LogP contribution is -2.16. The SMILES string of the molecule is Cc1ccc2c(N)c(C(N)=O)nnc2c1-c1ccc2cnn(C)c2c1. The molecular weight excluding hydrogens is 316 g/mol. The molecule has 0 aliphatic carbocycles. The summed E-state index contributed by atoms with van der Waals surface area (Å²) >= 11 is 0. The van der Waals surface area contributed by atoms with E-state index in [1.54, 1.807) is 0 Å². The van der Waals surface area contributed by atoms with Gasteiger partial charge in [0.25, 0.3) is 5.91 Å². The largest absolute Gasteiger partial charge is 0.396 e. The second-order valence-electron chi connectivity index (χ2n) is 6.02. The van der Waals surface area contributed by atoms with Crippen LogP contribution in [0.2, 0.25) is 0 Å². The molecule has 0 atom stereocenters. The van der Waals surface area contributed by atoms with E-state index in [0.717, 1.165) is 27.6 Å². The van der Waals surface area contributed by atoms with Crippen LogP contribution in [0.4, 0.5) is 5.69 Å². The second-order valence-corrected chi connectivity index (χ2v) is 6.02. The smallest absolute Gasteiger partial charge is 0.271 e. The maximum atomic E-state index is 11.5. The van der Waals surface area contributed by atoms with E-state index in [9.17, 15) is 4.79 Å². The van der Waals surface area contributed by atoms with Crippen molar-refractivity contribution in [2.45, 2.75) is 6.92 Å². The fourth-order valence-corrected chi connectivity index (χ4v) is 3.14. The maximum absolute atomic E-state index is 11.5. The van der Waals surface area contributed by atoms with Gasteiger partial charge in [0.2, 0.25) is 0 Å². The number of hydrogen-bond acceptors (Lipinski definition) is 5. The molecule has 4 aromatic rings. The van der Waals surface area contributed by atoms with Gasteiger partial charge in [-0.3, -0.25) is 9.48 Å². The third-order valence-electron chi connectivity index (χ3n) is 4.45. The van der Waals surface area contributed by atoms with Crippen molar-refractivity contribution in [2.24, 2.45) is 12.8 Å². The number of benzene rings is 2. The number of hydrogen-bond donors (Lipinski definition) is 2. The van der Waals surface area contributed by atoms with Gasteiger partial charge in [0.15, 0.2) is 5.69 Å². The molecule has 0 spiro atoms. The van der Waals surface area contributed by atoms with Crippen LogP contribution in [0.1, 0.15) is 16.1 Å². The second kappa shape index (κ2) is 5.27. The number of anilines is 1. The van der Waals surface area contributed by atoms with E-state index in [1.165, 1.54) is 0 Å². The minimum atomic E-state index is -0.690. The highest BCUT2D eigenvalue weighted by atomic mass is 16.1. The van der Waals surface area contributed by atoms with Crippen LogP contribution in [-0.4, -0.2) is 25.9 Å². The molecule has 4 rings (SSSR count). The Balaban J connectivity index is 2.05. The summed E-state index contributed by atoms with van der Waals surface area (Å²) in [7, 11) is 1.90.